The van der Waals surface area contributed by atoms with Crippen LogP contribution < -0.4 is 0 Å². The minimum absolute atomic E-state index is 0.121. The number of hydrogen-bond donors (Lipinski definition) is 1. The Morgan fingerprint density at radius 3 is 2.41 bits per heavy atom. The summed E-state index contributed by atoms with van der Waals surface area (Å²) in [4.78, 5) is 0. The molecular weight excluding hydrogens is 352 g/mol. The van der Waals surface area contributed by atoms with Crippen LogP contribution in [-0.4, -0.2) is 11.2 Å². The molecule has 1 unspecified atom stereocenters. The lowest BCUT2D eigenvalue weighted by atomic mass is 9.61. The van der Waals surface area contributed by atoms with E-state index in [1.54, 1.807) is 5.57 Å². The van der Waals surface area contributed by atoms with Crippen molar-refractivity contribution in [3.63, 3.8) is 0 Å². The van der Waals surface area contributed by atoms with Crippen molar-refractivity contribution >= 4 is 0 Å². The average molecular weight is 399 g/mol. The van der Waals surface area contributed by atoms with Gasteiger partial charge < -0.3 is 5.11 Å². The van der Waals surface area contributed by atoms with E-state index in [9.17, 15) is 5.11 Å². The lowest BCUT2D eigenvalue weighted by Gasteiger charge is -2.44. The molecule has 1 heteroatoms. The Kier molecular flexibility index (Phi) is 7.52. The second kappa shape index (κ2) is 9.54. The minimum atomic E-state index is -0.121. The van der Waals surface area contributed by atoms with E-state index in [2.05, 4.69) is 65.8 Å². The van der Waals surface area contributed by atoms with Crippen LogP contribution in [0, 0.1) is 40.9 Å². The standard InChI is InChI=1S/C28H46O/c1-19(2)20(3)9-10-22(5)26-15-16-27-23(8-7-17-28(26,27)6)12-13-24-18-25(29)14-11-21(24)4/h9-10,12-13,19-22,25-27,29H,7-8,11,14-18H2,1-6H3/b10-9+,23-12+,24-13+/t20-,21-,22+,25-,26?,27-,28+/m0/s1. The van der Waals surface area contributed by atoms with E-state index in [0.717, 1.165) is 37.0 Å². The molecule has 0 bridgehead atoms. The van der Waals surface area contributed by atoms with Gasteiger partial charge in [-0.05, 0) is 92.3 Å². The summed E-state index contributed by atoms with van der Waals surface area (Å²) in [5.41, 5.74) is 3.63. The van der Waals surface area contributed by atoms with Crippen LogP contribution in [0.2, 0.25) is 0 Å². The molecule has 164 valence electrons. The highest BCUT2D eigenvalue weighted by atomic mass is 16.3. The fraction of sp³-hybridized carbons (Fsp3) is 0.786. The van der Waals surface area contributed by atoms with Crippen molar-refractivity contribution in [1.29, 1.82) is 0 Å². The van der Waals surface area contributed by atoms with Crippen LogP contribution in [0.15, 0.2) is 35.5 Å². The SMILES string of the molecule is CC(C)[C@@H](C)/C=C/[C@@H](C)C1CC[C@H]2/C(=C/C=C3\C[C@@H](O)CC[C@@H]3C)CCC[C@]12C. The van der Waals surface area contributed by atoms with Gasteiger partial charge in [0, 0.05) is 0 Å². The van der Waals surface area contributed by atoms with E-state index in [0.29, 0.717) is 23.2 Å². The van der Waals surface area contributed by atoms with E-state index in [-0.39, 0.29) is 6.10 Å². The van der Waals surface area contributed by atoms with Gasteiger partial charge in [0.2, 0.25) is 0 Å². The van der Waals surface area contributed by atoms with Crippen molar-refractivity contribution in [3.05, 3.63) is 35.5 Å². The van der Waals surface area contributed by atoms with Gasteiger partial charge in [0.1, 0.15) is 0 Å². The van der Waals surface area contributed by atoms with Gasteiger partial charge in [-0.2, -0.15) is 0 Å². The summed E-state index contributed by atoms with van der Waals surface area (Å²) in [5, 5.41) is 10.1. The molecule has 0 amide bonds. The van der Waals surface area contributed by atoms with Crippen molar-refractivity contribution in [3.8, 4) is 0 Å². The molecular formula is C28H46O. The van der Waals surface area contributed by atoms with Crippen LogP contribution in [0.3, 0.4) is 0 Å². The molecule has 0 saturated heterocycles. The molecule has 0 aromatic heterocycles. The highest BCUT2D eigenvalue weighted by Gasteiger charge is 2.50. The summed E-state index contributed by atoms with van der Waals surface area (Å²) < 4.78 is 0. The fourth-order valence-corrected chi connectivity index (χ4v) is 6.50. The Balaban J connectivity index is 1.74. The first kappa shape index (κ1) is 22.9. The molecule has 7 atom stereocenters. The van der Waals surface area contributed by atoms with E-state index in [1.807, 2.05) is 0 Å². The molecule has 3 fully saturated rings. The molecule has 3 rings (SSSR count). The molecule has 3 aliphatic carbocycles. The van der Waals surface area contributed by atoms with Crippen LogP contribution in [0.25, 0.3) is 0 Å². The molecule has 0 radical (unpaired) electrons. The quantitative estimate of drug-likeness (QED) is 0.470. The number of rotatable bonds is 5. The predicted octanol–water partition coefficient (Wildman–Crippen LogP) is 7.72. The first-order valence-electron chi connectivity index (χ1n) is 12.5. The summed E-state index contributed by atoms with van der Waals surface area (Å²) in [5.74, 6) is 4.29. The Labute approximate surface area is 180 Å². The third-order valence-electron chi connectivity index (χ3n) is 8.99. The largest absolute Gasteiger partial charge is 0.393 e. The minimum Gasteiger partial charge on any atom is -0.393 e. The molecule has 1 N–H and O–H groups in total. The van der Waals surface area contributed by atoms with Gasteiger partial charge in [-0.15, -0.1) is 0 Å². The lowest BCUT2D eigenvalue weighted by Crippen LogP contribution is -2.35. The van der Waals surface area contributed by atoms with E-state index >= 15 is 0 Å². The molecule has 3 saturated carbocycles. The van der Waals surface area contributed by atoms with Crippen LogP contribution >= 0.6 is 0 Å². The second-order valence-electron chi connectivity index (χ2n) is 11.3. The number of hydrogen-bond acceptors (Lipinski definition) is 1. The monoisotopic (exact) mass is 398 g/mol. The van der Waals surface area contributed by atoms with E-state index in [4.69, 9.17) is 0 Å². The normalized spacial score (nSPS) is 40.7. The third-order valence-corrected chi connectivity index (χ3v) is 8.99. The summed E-state index contributed by atoms with van der Waals surface area (Å²) >= 11 is 0. The second-order valence-corrected chi connectivity index (χ2v) is 11.3. The Hall–Kier alpha value is -0.820. The smallest absolute Gasteiger partial charge is 0.0577 e. The summed E-state index contributed by atoms with van der Waals surface area (Å²) in [7, 11) is 0. The predicted molar refractivity (Wildman–Crippen MR) is 126 cm³/mol. The van der Waals surface area contributed by atoms with Gasteiger partial charge >= 0.3 is 0 Å². The zero-order valence-electron chi connectivity index (χ0n) is 20.0. The zero-order valence-corrected chi connectivity index (χ0v) is 20.0. The molecule has 0 heterocycles. The maximum Gasteiger partial charge on any atom is 0.0577 e. The van der Waals surface area contributed by atoms with Crippen LogP contribution in [0.4, 0.5) is 0 Å². The van der Waals surface area contributed by atoms with Crippen molar-refractivity contribution in [1.82, 2.24) is 0 Å². The van der Waals surface area contributed by atoms with Gasteiger partial charge in [0.05, 0.1) is 6.10 Å². The number of aliphatic hydroxyl groups is 1. The highest BCUT2D eigenvalue weighted by molar-refractivity contribution is 5.27. The van der Waals surface area contributed by atoms with Crippen molar-refractivity contribution in [2.45, 2.75) is 99.0 Å². The molecule has 0 spiro atoms. The van der Waals surface area contributed by atoms with E-state index < -0.39 is 0 Å². The summed E-state index contributed by atoms with van der Waals surface area (Å²) in [6.07, 6.45) is 19.5. The molecule has 1 nitrogen and oxygen atoms in total. The van der Waals surface area contributed by atoms with Crippen molar-refractivity contribution in [2.75, 3.05) is 0 Å². The molecule has 0 aromatic rings. The molecule has 0 aromatic carbocycles. The maximum atomic E-state index is 10.1. The first-order chi connectivity index (χ1) is 13.7. The summed E-state index contributed by atoms with van der Waals surface area (Å²) in [6.45, 7) is 14.4. The van der Waals surface area contributed by atoms with Crippen molar-refractivity contribution in [2.24, 2.45) is 40.9 Å². The number of allylic oxidation sites excluding steroid dienone is 5. The topological polar surface area (TPSA) is 20.2 Å². The van der Waals surface area contributed by atoms with E-state index in [1.165, 1.54) is 37.7 Å². The fourth-order valence-electron chi connectivity index (χ4n) is 6.50. The van der Waals surface area contributed by atoms with Gasteiger partial charge in [-0.1, -0.05) is 77.0 Å². The van der Waals surface area contributed by atoms with Crippen LogP contribution in [0.1, 0.15) is 92.9 Å². The van der Waals surface area contributed by atoms with Crippen LogP contribution in [0.5, 0.6) is 0 Å². The van der Waals surface area contributed by atoms with Gasteiger partial charge in [-0.25, -0.2) is 0 Å². The van der Waals surface area contributed by atoms with Gasteiger partial charge in [-0.3, -0.25) is 0 Å². The number of fused-ring (bicyclic) bond motifs is 1. The molecule has 3 aliphatic rings. The molecule has 29 heavy (non-hydrogen) atoms. The highest BCUT2D eigenvalue weighted by Crippen LogP contribution is 2.59. The first-order valence-corrected chi connectivity index (χ1v) is 12.5. The van der Waals surface area contributed by atoms with Gasteiger partial charge in [0.25, 0.3) is 0 Å². The van der Waals surface area contributed by atoms with Crippen molar-refractivity contribution < 1.29 is 5.11 Å². The average Bonchev–Trinajstić information content (AvgIpc) is 3.04. The zero-order chi connectivity index (χ0) is 21.2. The maximum absolute atomic E-state index is 10.1. The molecule has 0 aliphatic heterocycles. The van der Waals surface area contributed by atoms with Gasteiger partial charge in [0.15, 0.2) is 0 Å². The summed E-state index contributed by atoms with van der Waals surface area (Å²) in [6, 6.07) is 0. The Morgan fingerprint density at radius 1 is 0.966 bits per heavy atom. The number of aliphatic hydroxyl groups excluding tert-OH is 1. The third kappa shape index (κ3) is 5.09. The Bertz CT molecular complexity index is 639. The lowest BCUT2D eigenvalue weighted by molar-refractivity contribution is 0.112. The Morgan fingerprint density at radius 2 is 1.69 bits per heavy atom. The van der Waals surface area contributed by atoms with Crippen LogP contribution in [-0.2, 0) is 0 Å².